The van der Waals surface area contributed by atoms with Crippen molar-refractivity contribution in [2.24, 2.45) is 0 Å². The van der Waals surface area contributed by atoms with Crippen LogP contribution in [-0.4, -0.2) is 187 Å². The number of hydrogen-bond donors (Lipinski definition) is 1. The van der Waals surface area contributed by atoms with Gasteiger partial charge in [-0.2, -0.15) is 0 Å². The highest BCUT2D eigenvalue weighted by Gasteiger charge is 2.43. The average Bonchev–Trinajstić information content (AvgIpc) is 3.56. The highest BCUT2D eigenvalue weighted by atomic mass is 32.2. The number of allylic oxidation sites excluding steroid dienone is 3. The molecule has 0 aromatic heterocycles. The number of aliphatic carboxylic acids is 1. The molecule has 1 unspecified atom stereocenters. The first-order valence-corrected chi connectivity index (χ1v) is 29.5. The van der Waals surface area contributed by atoms with Gasteiger partial charge >= 0.3 is 5.97 Å². The molecular formula is C51H74N2O20S3-2. The fourth-order valence-electron chi connectivity index (χ4n) is 8.10. The van der Waals surface area contributed by atoms with Gasteiger partial charge in [-0.15, -0.1) is 0 Å². The summed E-state index contributed by atoms with van der Waals surface area (Å²) in [6, 6.07) is 11.5. The number of nitrogens with zero attached hydrogens (tertiary/aromatic N) is 2. The van der Waals surface area contributed by atoms with Crippen molar-refractivity contribution in [3.8, 4) is 11.3 Å². The van der Waals surface area contributed by atoms with Gasteiger partial charge in [-0.05, 0) is 67.3 Å². The van der Waals surface area contributed by atoms with Gasteiger partial charge in [-0.25, -0.2) is 29.8 Å². The molecule has 0 saturated carbocycles. The number of carbonyl (C=O) groups is 1. The monoisotopic (exact) mass is 1130 g/mol. The van der Waals surface area contributed by atoms with Crippen molar-refractivity contribution < 1.29 is 91.1 Å². The first-order valence-electron chi connectivity index (χ1n) is 25.0. The van der Waals surface area contributed by atoms with Crippen LogP contribution in [0, 0.1) is 0 Å². The maximum atomic E-state index is 12.4. The Bertz CT molecular complexity index is 2740. The van der Waals surface area contributed by atoms with Crippen molar-refractivity contribution in [3.05, 3.63) is 82.6 Å². The minimum Gasteiger partial charge on any atom is -0.748 e. The normalized spacial score (nSPS) is 16.4. The minimum absolute atomic E-state index is 0.0580. The molecule has 0 spiro atoms. The molecule has 1 atom stereocenters. The molecule has 0 bridgehead atoms. The number of anilines is 1. The summed E-state index contributed by atoms with van der Waals surface area (Å²) in [5.41, 5.74) is 1.62. The highest BCUT2D eigenvalue weighted by molar-refractivity contribution is 7.86. The summed E-state index contributed by atoms with van der Waals surface area (Å²) in [7, 11) is -12.3. The van der Waals surface area contributed by atoms with Gasteiger partial charge in [0.15, 0.2) is 6.54 Å². The molecule has 428 valence electrons. The molecule has 3 aliphatic rings. The second-order valence-electron chi connectivity index (χ2n) is 18.9. The second kappa shape index (κ2) is 31.4. The maximum Gasteiger partial charge on any atom is 0.305 e. The van der Waals surface area contributed by atoms with E-state index in [1.807, 2.05) is 73.6 Å². The molecule has 0 amide bonds. The van der Waals surface area contributed by atoms with Gasteiger partial charge in [0.1, 0.15) is 34.8 Å². The summed E-state index contributed by atoms with van der Waals surface area (Å²) in [5.74, 6) is -0.992. The van der Waals surface area contributed by atoms with E-state index in [9.17, 15) is 43.7 Å². The van der Waals surface area contributed by atoms with E-state index in [0.29, 0.717) is 80.0 Å². The average molecular weight is 1130 g/mol. The zero-order chi connectivity index (χ0) is 55.8. The van der Waals surface area contributed by atoms with Crippen LogP contribution in [0.1, 0.15) is 70.3 Å². The lowest BCUT2D eigenvalue weighted by molar-refractivity contribution is -0.138. The number of benzene rings is 2. The fraction of sp³-hybridized carbons (Fsp3) is 0.608. The van der Waals surface area contributed by atoms with Crippen molar-refractivity contribution in [1.82, 2.24) is 4.58 Å². The predicted octanol–water partition coefficient (Wildman–Crippen LogP) is 3.53. The van der Waals surface area contributed by atoms with Crippen LogP contribution in [0.4, 0.5) is 5.69 Å². The SMILES string of the molecule is COCCOCCOCCOCC[N+](CCCS(=O)(=O)[O-])=c1ccc2c(/C=C/C=C3\N(CCCS(=O)(=O)[O-])c4ccc(S(=O)(=O)[O-])cc4C3(C)CCOCCOCCOCCOCCC(=O)O)cc(C(C)(C)C)oc-2c1. The Balaban J connectivity index is 1.65. The summed E-state index contributed by atoms with van der Waals surface area (Å²) in [4.78, 5) is 12.0. The molecule has 25 heteroatoms. The van der Waals surface area contributed by atoms with Crippen LogP contribution in [0.5, 0.6) is 0 Å². The number of hydrogen-bond acceptors (Lipinski definition) is 20. The first-order chi connectivity index (χ1) is 35.9. The van der Waals surface area contributed by atoms with Crippen LogP contribution in [0.15, 0.2) is 69.6 Å². The Morgan fingerprint density at radius 3 is 1.82 bits per heavy atom. The van der Waals surface area contributed by atoms with Crippen LogP contribution in [0.25, 0.3) is 17.4 Å². The first kappa shape index (κ1) is 64.3. The summed E-state index contributed by atoms with van der Waals surface area (Å²) >= 11 is 0. The van der Waals surface area contributed by atoms with Crippen LogP contribution >= 0.6 is 0 Å². The van der Waals surface area contributed by atoms with Crippen LogP contribution < -0.4 is 14.8 Å². The van der Waals surface area contributed by atoms with Crippen LogP contribution in [0.3, 0.4) is 0 Å². The van der Waals surface area contributed by atoms with Gasteiger partial charge in [-0.3, -0.25) is 4.79 Å². The largest absolute Gasteiger partial charge is 0.748 e. The zero-order valence-corrected chi connectivity index (χ0v) is 46.5. The molecule has 1 aromatic carbocycles. The third kappa shape index (κ3) is 22.6. The Labute approximate surface area is 447 Å². The van der Waals surface area contributed by atoms with Gasteiger partial charge in [0, 0.05) is 72.0 Å². The van der Waals surface area contributed by atoms with Crippen molar-refractivity contribution in [3.63, 3.8) is 0 Å². The van der Waals surface area contributed by atoms with E-state index >= 15 is 0 Å². The molecule has 1 aromatic rings. The lowest BCUT2D eigenvalue weighted by atomic mass is 9.78. The summed E-state index contributed by atoms with van der Waals surface area (Å²) in [5, 5.41) is 9.39. The van der Waals surface area contributed by atoms with Crippen molar-refractivity contribution in [2.45, 2.75) is 69.1 Å². The molecule has 0 saturated heterocycles. The Hall–Kier alpha value is -4.19. The topological polar surface area (TPSA) is 302 Å². The molecule has 1 aliphatic carbocycles. The third-order valence-corrected chi connectivity index (χ3v) is 14.4. The number of methoxy groups -OCH3 is 1. The summed E-state index contributed by atoms with van der Waals surface area (Å²) in [6.07, 6.45) is 5.70. The van der Waals surface area contributed by atoms with Gasteiger partial charge in [0.2, 0.25) is 5.36 Å². The third-order valence-electron chi connectivity index (χ3n) is 12.0. The molecule has 4 rings (SSSR count). The number of ether oxygens (including phenoxy) is 8. The van der Waals surface area contributed by atoms with E-state index < -0.39 is 63.6 Å². The molecule has 2 aliphatic heterocycles. The molecule has 0 fully saturated rings. The summed E-state index contributed by atoms with van der Waals surface area (Å²) < 4.78 is 160. The van der Waals surface area contributed by atoms with E-state index in [4.69, 9.17) is 47.4 Å². The maximum absolute atomic E-state index is 12.4. The number of carboxylic acid groups (broad SMARTS) is 1. The van der Waals surface area contributed by atoms with E-state index in [-0.39, 0.29) is 98.2 Å². The summed E-state index contributed by atoms with van der Waals surface area (Å²) in [6.45, 7) is 12.9. The number of rotatable bonds is 38. The highest BCUT2D eigenvalue weighted by Crippen LogP contribution is 2.51. The fourth-order valence-corrected chi connectivity index (χ4v) is 9.56. The molecule has 0 radical (unpaired) electrons. The molecular weight excluding hydrogens is 1060 g/mol. The lowest BCUT2D eigenvalue weighted by Gasteiger charge is -2.30. The van der Waals surface area contributed by atoms with E-state index in [1.54, 1.807) is 13.2 Å². The molecule has 76 heavy (non-hydrogen) atoms. The van der Waals surface area contributed by atoms with Gasteiger partial charge in [0.25, 0.3) is 0 Å². The van der Waals surface area contributed by atoms with Crippen LogP contribution in [-0.2, 0) is 83.9 Å². The number of fused-ring (bicyclic) bond motifs is 2. The Morgan fingerprint density at radius 2 is 1.26 bits per heavy atom. The van der Waals surface area contributed by atoms with E-state index in [0.717, 1.165) is 11.1 Å². The quantitative estimate of drug-likeness (QED) is 0.0487. The molecule has 22 nitrogen and oxygen atoms in total. The molecule has 1 N–H and O–H groups in total. The smallest absolute Gasteiger partial charge is 0.305 e. The standard InChI is InChI=1S/C51H76N2O20S3/c1-50(2,3)48-37-40(43-13-11-41(38-46(43)73-48)52(17-7-35-74(56,57)58)19-22-68-27-30-72-32-31-69-24-23-65-5)9-6-10-47-51(4,16-21-67-26-29-71-34-33-70-28-25-66-20-15-49(54)55)44-39-42(76(62,63)64)12-14-45(44)53(47)18-8-36-75(59,60)61/h6,9-14,37-39H,7-8,15-36H2,1-5H3,(H3-,54,55,56,57,58,59,60,61,62,63,64)/p-2. The van der Waals surface area contributed by atoms with E-state index in [2.05, 4.69) is 0 Å². The van der Waals surface area contributed by atoms with Gasteiger partial charge in [0.05, 0.1) is 124 Å². The second-order valence-corrected chi connectivity index (χ2v) is 23.3. The predicted molar refractivity (Wildman–Crippen MR) is 278 cm³/mol. The lowest BCUT2D eigenvalue weighted by Crippen LogP contribution is -2.35. The minimum atomic E-state index is -4.89. The van der Waals surface area contributed by atoms with Crippen molar-refractivity contribution in [1.29, 1.82) is 0 Å². The number of carboxylic acids is 1. The van der Waals surface area contributed by atoms with Crippen molar-refractivity contribution >= 4 is 48.1 Å². The van der Waals surface area contributed by atoms with Crippen LogP contribution in [0.2, 0.25) is 0 Å². The van der Waals surface area contributed by atoms with Gasteiger partial charge in [-0.1, -0.05) is 32.9 Å². The Morgan fingerprint density at radius 1 is 0.711 bits per heavy atom. The Kier molecular flexibility index (Phi) is 26.6. The van der Waals surface area contributed by atoms with E-state index in [1.165, 1.54) is 18.2 Å². The van der Waals surface area contributed by atoms with Crippen molar-refractivity contribution in [2.75, 3.05) is 142 Å². The zero-order valence-electron chi connectivity index (χ0n) is 44.1. The molecule has 2 heterocycles. The van der Waals surface area contributed by atoms with Gasteiger partial charge < -0.3 is 66.0 Å².